The van der Waals surface area contributed by atoms with Gasteiger partial charge in [0.2, 0.25) is 0 Å². The fraction of sp³-hybridized carbons (Fsp3) is 0.250. The molecule has 0 amide bonds. The summed E-state index contributed by atoms with van der Waals surface area (Å²) in [5.74, 6) is 0.650. The summed E-state index contributed by atoms with van der Waals surface area (Å²) < 4.78 is 59.1. The largest absolute Gasteiger partial charge is 0.494 e. The van der Waals surface area contributed by atoms with E-state index in [9.17, 15) is 8.42 Å². The molecule has 0 aliphatic heterocycles. The van der Waals surface area contributed by atoms with Gasteiger partial charge in [-0.25, -0.2) is 22.5 Å². The number of aromatic nitrogens is 5. The van der Waals surface area contributed by atoms with Gasteiger partial charge in [0.15, 0.2) is 5.82 Å². The Balaban J connectivity index is 1.19. The minimum Gasteiger partial charge on any atom is -0.494 e. The summed E-state index contributed by atoms with van der Waals surface area (Å²) in [5.41, 5.74) is 0.772. The maximum atomic E-state index is 15.7. The lowest BCUT2D eigenvalue weighted by Crippen LogP contribution is -2.42. The molecule has 5 aromatic rings. The van der Waals surface area contributed by atoms with Crippen LogP contribution >= 0.6 is 0 Å². The van der Waals surface area contributed by atoms with Crippen molar-refractivity contribution in [1.29, 1.82) is 0 Å². The second kappa shape index (κ2) is 10.0. The second-order valence-electron chi connectivity index (χ2n) is 9.77. The molecule has 0 radical (unpaired) electrons. The number of benzene rings is 2. The predicted octanol–water partition coefficient (Wildman–Crippen LogP) is 4.51. The number of hydrogen-bond acceptors (Lipinski definition) is 7. The van der Waals surface area contributed by atoms with Crippen LogP contribution in [0.5, 0.6) is 5.75 Å². The molecule has 1 N–H and O–H groups in total. The van der Waals surface area contributed by atoms with Gasteiger partial charge in [0.05, 0.1) is 43.9 Å². The molecular weight excluding hydrogens is 535 g/mol. The van der Waals surface area contributed by atoms with E-state index in [1.54, 1.807) is 42.2 Å². The van der Waals surface area contributed by atoms with Crippen LogP contribution in [-0.4, -0.2) is 46.2 Å². The van der Waals surface area contributed by atoms with Crippen LogP contribution in [0, 0.1) is 0 Å². The van der Waals surface area contributed by atoms with Gasteiger partial charge >= 0.3 is 0 Å². The molecule has 0 spiro atoms. The molecule has 1 saturated carbocycles. The number of alkyl halides is 1. The molecule has 1 aliphatic rings. The van der Waals surface area contributed by atoms with E-state index in [1.807, 2.05) is 30.3 Å². The minimum atomic E-state index is -4.06. The number of hydrogen-bond donors (Lipinski definition) is 1. The smallest absolute Gasteiger partial charge is 0.265 e. The second-order valence-corrected chi connectivity index (χ2v) is 11.5. The summed E-state index contributed by atoms with van der Waals surface area (Å²) >= 11 is 0. The van der Waals surface area contributed by atoms with E-state index in [1.165, 1.54) is 30.4 Å². The Hall–Kier alpha value is -4.29. The predicted molar refractivity (Wildman–Crippen MR) is 146 cm³/mol. The molecule has 206 valence electrons. The van der Waals surface area contributed by atoms with Crippen molar-refractivity contribution in [3.05, 3.63) is 90.5 Å². The zero-order valence-electron chi connectivity index (χ0n) is 21.9. The van der Waals surface area contributed by atoms with E-state index in [4.69, 9.17) is 9.47 Å². The van der Waals surface area contributed by atoms with Gasteiger partial charge in [-0.2, -0.15) is 10.2 Å². The van der Waals surface area contributed by atoms with Crippen LogP contribution in [0.4, 0.5) is 10.1 Å². The van der Waals surface area contributed by atoms with Gasteiger partial charge in [-0.1, -0.05) is 30.3 Å². The number of nitrogens with one attached hydrogen (secondary N) is 1. The highest BCUT2D eigenvalue weighted by Gasteiger charge is 2.47. The minimum absolute atomic E-state index is 0.0890. The van der Waals surface area contributed by atoms with Crippen molar-refractivity contribution in [3.63, 3.8) is 0 Å². The lowest BCUT2D eigenvalue weighted by molar-refractivity contribution is -0.107. The van der Waals surface area contributed by atoms with Gasteiger partial charge in [0, 0.05) is 31.5 Å². The lowest BCUT2D eigenvalue weighted by atomic mass is 9.74. The highest BCUT2D eigenvalue weighted by atomic mass is 32.2. The summed E-state index contributed by atoms with van der Waals surface area (Å²) in [5, 5.41) is 9.15. The standard InChI is InChI=1S/C28H27FN6O4S/c1-34-27-20(15-31-34)8-9-24(38-2)26(27)33-40(36,37)23-16-32-35(17-23)25-12-21(10-11-30-25)28(29)13-22(14-28)39-18-19-6-4-3-5-7-19/h3-12,15-17,22,33H,13-14,18H2,1-2H3. The van der Waals surface area contributed by atoms with Crippen molar-refractivity contribution >= 4 is 26.6 Å². The van der Waals surface area contributed by atoms with Gasteiger partial charge in [-0.05, 0) is 35.4 Å². The van der Waals surface area contributed by atoms with Crippen LogP contribution in [-0.2, 0) is 34.1 Å². The Kier molecular flexibility index (Phi) is 6.51. The van der Waals surface area contributed by atoms with E-state index in [-0.39, 0.29) is 29.5 Å². The Morgan fingerprint density at radius 2 is 1.90 bits per heavy atom. The van der Waals surface area contributed by atoms with E-state index in [2.05, 4.69) is 19.9 Å². The summed E-state index contributed by atoms with van der Waals surface area (Å²) in [6, 6.07) is 16.5. The number of anilines is 1. The van der Waals surface area contributed by atoms with Gasteiger partial charge in [0.25, 0.3) is 10.0 Å². The van der Waals surface area contributed by atoms with E-state index in [0.717, 1.165) is 10.9 Å². The number of rotatable bonds is 9. The molecule has 0 bridgehead atoms. The number of sulfonamides is 1. The fourth-order valence-electron chi connectivity index (χ4n) is 4.91. The summed E-state index contributed by atoms with van der Waals surface area (Å²) in [6.07, 6.45) is 5.96. The van der Waals surface area contributed by atoms with E-state index < -0.39 is 15.7 Å². The van der Waals surface area contributed by atoms with Crippen molar-refractivity contribution in [1.82, 2.24) is 24.5 Å². The number of ether oxygens (including phenoxy) is 2. The molecule has 12 heteroatoms. The van der Waals surface area contributed by atoms with Crippen LogP contribution in [0.1, 0.15) is 24.0 Å². The quantitative estimate of drug-likeness (QED) is 0.281. The number of halogens is 1. The fourth-order valence-corrected chi connectivity index (χ4v) is 5.92. The van der Waals surface area contributed by atoms with Crippen LogP contribution in [0.15, 0.2) is 84.3 Å². The Labute approximate surface area is 230 Å². The number of fused-ring (bicyclic) bond motifs is 1. The Morgan fingerprint density at radius 1 is 1.10 bits per heavy atom. The molecule has 6 rings (SSSR count). The first-order valence-corrected chi connectivity index (χ1v) is 14.1. The Morgan fingerprint density at radius 3 is 2.67 bits per heavy atom. The Bertz CT molecular complexity index is 1780. The number of methoxy groups -OCH3 is 1. The van der Waals surface area contributed by atoms with Crippen molar-refractivity contribution in [2.24, 2.45) is 7.05 Å². The van der Waals surface area contributed by atoms with Crippen LogP contribution < -0.4 is 9.46 Å². The van der Waals surface area contributed by atoms with Crippen molar-refractivity contribution in [3.8, 4) is 11.6 Å². The van der Waals surface area contributed by atoms with Gasteiger partial charge in [0.1, 0.15) is 22.0 Å². The molecule has 0 saturated heterocycles. The summed E-state index contributed by atoms with van der Waals surface area (Å²) in [4.78, 5) is 4.20. The molecule has 0 unspecified atom stereocenters. The summed E-state index contributed by atoms with van der Waals surface area (Å²) in [7, 11) is -0.883. The maximum absolute atomic E-state index is 15.7. The molecular formula is C28H27FN6O4S. The number of nitrogens with zero attached hydrogens (tertiary/aromatic N) is 5. The first-order chi connectivity index (χ1) is 19.3. The SMILES string of the molecule is COc1ccc2cnn(C)c2c1NS(=O)(=O)c1cnn(-c2cc(C3(F)CC(OCc4ccccc4)C3)ccn2)c1. The zero-order chi connectivity index (χ0) is 27.9. The number of aryl methyl sites for hydroxylation is 1. The average molecular weight is 563 g/mol. The third-order valence-electron chi connectivity index (χ3n) is 7.12. The first-order valence-electron chi connectivity index (χ1n) is 12.6. The highest BCUT2D eigenvalue weighted by Crippen LogP contribution is 2.47. The molecule has 2 aromatic carbocycles. The van der Waals surface area contributed by atoms with Gasteiger partial charge in [-0.3, -0.25) is 9.40 Å². The topological polar surface area (TPSA) is 113 Å². The van der Waals surface area contributed by atoms with Crippen LogP contribution in [0.2, 0.25) is 0 Å². The molecule has 3 heterocycles. The zero-order valence-corrected chi connectivity index (χ0v) is 22.7. The molecule has 0 atom stereocenters. The third kappa shape index (κ3) is 4.80. The lowest BCUT2D eigenvalue weighted by Gasteiger charge is -2.41. The average Bonchev–Trinajstić information content (AvgIpc) is 3.59. The van der Waals surface area contributed by atoms with Crippen molar-refractivity contribution in [2.45, 2.75) is 36.1 Å². The van der Waals surface area contributed by atoms with Crippen LogP contribution in [0.3, 0.4) is 0 Å². The number of pyridine rings is 1. The molecule has 1 aliphatic carbocycles. The third-order valence-corrected chi connectivity index (χ3v) is 8.42. The van der Waals surface area contributed by atoms with Gasteiger partial charge in [-0.15, -0.1) is 0 Å². The molecule has 10 nitrogen and oxygen atoms in total. The van der Waals surface area contributed by atoms with E-state index in [0.29, 0.717) is 29.3 Å². The maximum Gasteiger partial charge on any atom is 0.265 e. The normalized spacial score (nSPS) is 18.9. The summed E-state index contributed by atoms with van der Waals surface area (Å²) in [6.45, 7) is 0.433. The molecule has 3 aromatic heterocycles. The van der Waals surface area contributed by atoms with Crippen molar-refractivity contribution in [2.75, 3.05) is 11.8 Å². The molecule has 40 heavy (non-hydrogen) atoms. The molecule has 1 fully saturated rings. The van der Waals surface area contributed by atoms with E-state index >= 15 is 4.39 Å². The monoisotopic (exact) mass is 562 g/mol. The first kappa shape index (κ1) is 26.0. The highest BCUT2D eigenvalue weighted by molar-refractivity contribution is 7.92. The van der Waals surface area contributed by atoms with Crippen LogP contribution in [0.25, 0.3) is 16.7 Å². The van der Waals surface area contributed by atoms with Crippen molar-refractivity contribution < 1.29 is 22.3 Å². The van der Waals surface area contributed by atoms with Gasteiger partial charge < -0.3 is 9.47 Å².